The van der Waals surface area contributed by atoms with Gasteiger partial charge in [0, 0.05) is 41.9 Å². The van der Waals surface area contributed by atoms with E-state index in [1.165, 1.54) is 19.2 Å². The number of aromatic nitrogens is 1. The number of hydrogen-bond donors (Lipinski definition) is 2. The molecule has 2 N–H and O–H groups in total. The molecule has 2 aromatic carbocycles. The first-order chi connectivity index (χ1) is 20.7. The van der Waals surface area contributed by atoms with Gasteiger partial charge in [-0.05, 0) is 54.8 Å². The van der Waals surface area contributed by atoms with Crippen LogP contribution in [-0.4, -0.2) is 41.6 Å². The van der Waals surface area contributed by atoms with Gasteiger partial charge in [0.2, 0.25) is 5.91 Å². The Morgan fingerprint density at radius 3 is 2.77 bits per heavy atom. The fraction of sp³-hybridized carbons (Fsp3) is 0.323. The molecule has 1 saturated heterocycles. The number of carbonyl (C=O) groups excluding carboxylic acids is 3. The third-order valence-corrected chi connectivity index (χ3v) is 8.06. The van der Waals surface area contributed by atoms with Crippen molar-refractivity contribution in [2.75, 3.05) is 24.3 Å². The molecule has 43 heavy (non-hydrogen) atoms. The normalized spacial score (nSPS) is 20.3. The number of amides is 3. The van der Waals surface area contributed by atoms with Gasteiger partial charge in [0.05, 0.1) is 41.2 Å². The molecule has 0 radical (unpaired) electrons. The minimum Gasteiger partial charge on any atom is -0.453 e. The zero-order valence-electron chi connectivity index (χ0n) is 23.5. The maximum Gasteiger partial charge on any atom is 0.411 e. The van der Waals surface area contributed by atoms with Crippen LogP contribution in [0.15, 0.2) is 48.7 Å². The highest BCUT2D eigenvalue weighted by Crippen LogP contribution is 2.39. The van der Waals surface area contributed by atoms with Gasteiger partial charge in [0.1, 0.15) is 11.9 Å². The molecule has 2 aliphatic heterocycles. The zero-order chi connectivity index (χ0) is 30.7. The third kappa shape index (κ3) is 6.24. The summed E-state index contributed by atoms with van der Waals surface area (Å²) < 4.78 is 25.3. The number of benzene rings is 2. The van der Waals surface area contributed by atoms with Crippen LogP contribution >= 0.6 is 11.6 Å². The number of anilines is 2. The maximum atomic E-state index is 14.9. The number of nitriles is 1. The van der Waals surface area contributed by atoms with Crippen molar-refractivity contribution in [2.45, 2.75) is 44.8 Å². The van der Waals surface area contributed by atoms with Crippen molar-refractivity contribution in [1.82, 2.24) is 9.88 Å². The van der Waals surface area contributed by atoms with Crippen LogP contribution in [0, 0.1) is 23.1 Å². The van der Waals surface area contributed by atoms with E-state index in [-0.39, 0.29) is 40.9 Å². The summed E-state index contributed by atoms with van der Waals surface area (Å²) in [5.74, 6) is -1.30. The number of hydrogen-bond acceptors (Lipinski definition) is 7. The SMILES string of the molecule is COC(=O)Nc1ccc2c(c1)NC(=O)C(C)CCCC(N1CCC(c3c(C#N)ccc(Cl)c3F)OC1=O)c1cc-2ccn1. The van der Waals surface area contributed by atoms with E-state index in [1.54, 1.807) is 35.4 Å². The molecular formula is C31H29ClFN5O5. The summed E-state index contributed by atoms with van der Waals surface area (Å²) in [6.45, 7) is 2.06. The van der Waals surface area contributed by atoms with Gasteiger partial charge in [-0.1, -0.05) is 31.0 Å². The molecule has 1 fully saturated rings. The lowest BCUT2D eigenvalue weighted by atomic mass is 9.94. The Labute approximate surface area is 252 Å². The van der Waals surface area contributed by atoms with Crippen LogP contribution < -0.4 is 10.6 Å². The third-order valence-electron chi connectivity index (χ3n) is 7.77. The second kappa shape index (κ2) is 12.7. The Bertz CT molecular complexity index is 1630. The molecule has 222 valence electrons. The van der Waals surface area contributed by atoms with Gasteiger partial charge < -0.3 is 14.8 Å². The number of nitrogens with one attached hydrogen (secondary N) is 2. The lowest BCUT2D eigenvalue weighted by Crippen LogP contribution is -2.42. The predicted octanol–water partition coefficient (Wildman–Crippen LogP) is 6.97. The largest absolute Gasteiger partial charge is 0.453 e. The molecular weight excluding hydrogens is 577 g/mol. The average molecular weight is 606 g/mol. The molecule has 3 amide bonds. The molecule has 10 nitrogen and oxygen atoms in total. The minimum atomic E-state index is -0.967. The molecule has 2 aliphatic rings. The van der Waals surface area contributed by atoms with E-state index in [1.807, 2.05) is 19.1 Å². The Balaban J connectivity index is 1.48. The van der Waals surface area contributed by atoms with Gasteiger partial charge in [-0.25, -0.2) is 14.0 Å². The van der Waals surface area contributed by atoms with Crippen LogP contribution in [0.5, 0.6) is 0 Å². The number of ether oxygens (including phenoxy) is 2. The summed E-state index contributed by atoms with van der Waals surface area (Å²) in [5.41, 5.74) is 3.04. The summed E-state index contributed by atoms with van der Waals surface area (Å²) in [4.78, 5) is 44.5. The molecule has 3 heterocycles. The first-order valence-corrected chi connectivity index (χ1v) is 14.2. The number of methoxy groups -OCH3 is 1. The van der Waals surface area contributed by atoms with Crippen molar-refractivity contribution in [3.8, 4) is 17.2 Å². The summed E-state index contributed by atoms with van der Waals surface area (Å²) in [7, 11) is 1.26. The van der Waals surface area contributed by atoms with Crippen molar-refractivity contribution in [1.29, 1.82) is 5.26 Å². The molecule has 3 unspecified atom stereocenters. The number of carbonyl (C=O) groups is 3. The molecule has 2 bridgehead atoms. The summed E-state index contributed by atoms with van der Waals surface area (Å²) in [6, 6.07) is 13.0. The van der Waals surface area contributed by atoms with Crippen LogP contribution in [0.4, 0.5) is 25.4 Å². The summed E-state index contributed by atoms with van der Waals surface area (Å²) in [6.07, 6.45) is 1.28. The van der Waals surface area contributed by atoms with Gasteiger partial charge in [0.15, 0.2) is 0 Å². The van der Waals surface area contributed by atoms with E-state index in [2.05, 4.69) is 20.4 Å². The fourth-order valence-corrected chi connectivity index (χ4v) is 5.64. The van der Waals surface area contributed by atoms with Crippen molar-refractivity contribution >= 4 is 41.1 Å². The predicted molar refractivity (Wildman–Crippen MR) is 157 cm³/mol. The number of rotatable bonds is 3. The average Bonchev–Trinajstić information content (AvgIpc) is 3.00. The summed E-state index contributed by atoms with van der Waals surface area (Å²) in [5, 5.41) is 15.0. The molecule has 3 atom stereocenters. The molecule has 5 rings (SSSR count). The van der Waals surface area contributed by atoms with Crippen LogP contribution in [0.1, 0.15) is 61.6 Å². The molecule has 1 aromatic heterocycles. The summed E-state index contributed by atoms with van der Waals surface area (Å²) >= 11 is 5.97. The number of cyclic esters (lactones) is 1. The second-order valence-corrected chi connectivity index (χ2v) is 10.9. The number of halogens is 2. The van der Waals surface area contributed by atoms with Crippen molar-refractivity contribution in [3.05, 3.63) is 76.3 Å². The Hall–Kier alpha value is -4.69. The van der Waals surface area contributed by atoms with Gasteiger partial charge >= 0.3 is 12.2 Å². The lowest BCUT2D eigenvalue weighted by molar-refractivity contribution is -0.119. The topological polar surface area (TPSA) is 134 Å². The van der Waals surface area contributed by atoms with E-state index in [0.29, 0.717) is 41.9 Å². The maximum absolute atomic E-state index is 14.9. The molecule has 0 aliphatic carbocycles. The van der Waals surface area contributed by atoms with E-state index in [4.69, 9.17) is 16.3 Å². The molecule has 0 spiro atoms. The van der Waals surface area contributed by atoms with Crippen LogP contribution in [-0.2, 0) is 14.3 Å². The smallest absolute Gasteiger partial charge is 0.411 e. The molecule has 12 heteroatoms. The van der Waals surface area contributed by atoms with E-state index in [0.717, 1.165) is 5.56 Å². The monoisotopic (exact) mass is 605 g/mol. The quantitative estimate of drug-likeness (QED) is 0.329. The number of pyridine rings is 1. The van der Waals surface area contributed by atoms with E-state index in [9.17, 15) is 24.0 Å². The van der Waals surface area contributed by atoms with Crippen molar-refractivity contribution in [2.24, 2.45) is 5.92 Å². The van der Waals surface area contributed by atoms with Crippen LogP contribution in [0.3, 0.4) is 0 Å². The highest BCUT2D eigenvalue weighted by molar-refractivity contribution is 6.30. The second-order valence-electron chi connectivity index (χ2n) is 10.5. The van der Waals surface area contributed by atoms with Gasteiger partial charge in [0.25, 0.3) is 0 Å². The highest BCUT2D eigenvalue weighted by Gasteiger charge is 2.37. The minimum absolute atomic E-state index is 0.0284. The number of fused-ring (bicyclic) bond motifs is 4. The van der Waals surface area contributed by atoms with Crippen molar-refractivity contribution < 1.29 is 28.2 Å². The Morgan fingerprint density at radius 2 is 2.02 bits per heavy atom. The first-order valence-electron chi connectivity index (χ1n) is 13.8. The molecule has 3 aromatic rings. The zero-order valence-corrected chi connectivity index (χ0v) is 24.3. The van der Waals surface area contributed by atoms with Crippen LogP contribution in [0.2, 0.25) is 5.02 Å². The Kier molecular flexibility index (Phi) is 8.78. The Morgan fingerprint density at radius 1 is 1.21 bits per heavy atom. The van der Waals surface area contributed by atoms with Crippen LogP contribution in [0.25, 0.3) is 11.1 Å². The van der Waals surface area contributed by atoms with Crippen molar-refractivity contribution in [3.63, 3.8) is 0 Å². The fourth-order valence-electron chi connectivity index (χ4n) is 5.47. The van der Waals surface area contributed by atoms with Gasteiger partial charge in [-0.2, -0.15) is 5.26 Å². The highest BCUT2D eigenvalue weighted by atomic mass is 35.5. The number of nitrogens with zero attached hydrogens (tertiary/aromatic N) is 3. The standard InChI is InChI=1S/C31H29ClFN5O5/c1-17-4-3-5-25(38-13-11-26(43-31(38)41)27-19(16-34)6-9-22(32)28(27)33)24-14-18(10-12-35-24)21-8-7-20(36-30(40)42-2)15-23(21)37-29(17)39/h6-10,12,14-15,17,25-26H,3-5,11,13H2,1-2H3,(H,36,40)(H,37,39). The van der Waals surface area contributed by atoms with E-state index < -0.39 is 30.1 Å². The molecule has 0 saturated carbocycles. The van der Waals surface area contributed by atoms with Gasteiger partial charge in [-0.15, -0.1) is 0 Å². The first kappa shape index (κ1) is 29.8. The lowest BCUT2D eigenvalue weighted by Gasteiger charge is -2.37. The van der Waals surface area contributed by atoms with E-state index >= 15 is 0 Å². The van der Waals surface area contributed by atoms with Gasteiger partial charge in [-0.3, -0.25) is 20.0 Å².